The van der Waals surface area contributed by atoms with Crippen molar-refractivity contribution in [3.05, 3.63) is 23.9 Å². The standard InChI is InChI=1S/C13H23N3S/c1-4-16(5-2)9-10-17-13-12(11(3)14)7-6-8-15-13/h6-8,11H,4-5,9-10,14H2,1-3H3/t11-/m0/s1. The summed E-state index contributed by atoms with van der Waals surface area (Å²) < 4.78 is 0. The molecule has 0 radical (unpaired) electrons. The van der Waals surface area contributed by atoms with Crippen molar-refractivity contribution in [2.45, 2.75) is 31.8 Å². The molecule has 4 heteroatoms. The number of aromatic nitrogens is 1. The van der Waals surface area contributed by atoms with Gasteiger partial charge in [0.2, 0.25) is 0 Å². The Morgan fingerprint density at radius 3 is 2.71 bits per heavy atom. The van der Waals surface area contributed by atoms with Crippen LogP contribution in [0.2, 0.25) is 0 Å². The molecule has 0 aliphatic heterocycles. The highest BCUT2D eigenvalue weighted by atomic mass is 32.2. The van der Waals surface area contributed by atoms with Gasteiger partial charge >= 0.3 is 0 Å². The third-order valence-corrected chi connectivity index (χ3v) is 3.83. The smallest absolute Gasteiger partial charge is 0.101 e. The van der Waals surface area contributed by atoms with Gasteiger partial charge in [-0.1, -0.05) is 19.9 Å². The lowest BCUT2D eigenvalue weighted by Gasteiger charge is -2.18. The first-order valence-electron chi connectivity index (χ1n) is 6.24. The zero-order valence-corrected chi connectivity index (χ0v) is 11.8. The van der Waals surface area contributed by atoms with Crippen molar-refractivity contribution in [1.82, 2.24) is 9.88 Å². The fourth-order valence-corrected chi connectivity index (χ4v) is 2.78. The first kappa shape index (κ1) is 14.5. The number of thioether (sulfide) groups is 1. The van der Waals surface area contributed by atoms with E-state index in [9.17, 15) is 0 Å². The third-order valence-electron chi connectivity index (χ3n) is 2.83. The van der Waals surface area contributed by atoms with E-state index in [1.165, 1.54) is 0 Å². The van der Waals surface area contributed by atoms with Crippen LogP contribution < -0.4 is 5.73 Å². The largest absolute Gasteiger partial charge is 0.324 e. The molecule has 0 bridgehead atoms. The van der Waals surface area contributed by atoms with Crippen LogP contribution in [0.3, 0.4) is 0 Å². The zero-order valence-electron chi connectivity index (χ0n) is 11.0. The van der Waals surface area contributed by atoms with Gasteiger partial charge < -0.3 is 10.6 Å². The van der Waals surface area contributed by atoms with Gasteiger partial charge in [0.25, 0.3) is 0 Å². The van der Waals surface area contributed by atoms with Crippen molar-refractivity contribution in [1.29, 1.82) is 0 Å². The topological polar surface area (TPSA) is 42.2 Å². The molecule has 17 heavy (non-hydrogen) atoms. The number of nitrogens with two attached hydrogens (primary N) is 1. The fraction of sp³-hybridized carbons (Fsp3) is 0.615. The second-order valence-corrected chi connectivity index (χ2v) is 5.15. The van der Waals surface area contributed by atoms with E-state index in [0.29, 0.717) is 0 Å². The van der Waals surface area contributed by atoms with Crippen LogP contribution >= 0.6 is 11.8 Å². The summed E-state index contributed by atoms with van der Waals surface area (Å²) in [5.41, 5.74) is 7.08. The summed E-state index contributed by atoms with van der Waals surface area (Å²) in [6.45, 7) is 9.72. The Kier molecular flexibility index (Phi) is 6.55. The zero-order chi connectivity index (χ0) is 12.7. The SMILES string of the molecule is CCN(CC)CCSc1ncccc1[C@H](C)N. The van der Waals surface area contributed by atoms with Crippen LogP contribution in [0, 0.1) is 0 Å². The highest BCUT2D eigenvalue weighted by molar-refractivity contribution is 7.99. The quantitative estimate of drug-likeness (QED) is 0.758. The molecule has 2 N–H and O–H groups in total. The number of nitrogens with zero attached hydrogens (tertiary/aromatic N) is 2. The Bertz CT molecular complexity index is 324. The van der Waals surface area contributed by atoms with Crippen LogP contribution in [-0.2, 0) is 0 Å². The molecule has 0 aliphatic carbocycles. The molecule has 0 unspecified atom stereocenters. The highest BCUT2D eigenvalue weighted by Gasteiger charge is 2.08. The summed E-state index contributed by atoms with van der Waals surface area (Å²) in [6.07, 6.45) is 1.84. The van der Waals surface area contributed by atoms with E-state index in [0.717, 1.165) is 36.0 Å². The van der Waals surface area contributed by atoms with Gasteiger partial charge in [0.05, 0.1) is 0 Å². The summed E-state index contributed by atoms with van der Waals surface area (Å²) in [7, 11) is 0. The number of hydrogen-bond acceptors (Lipinski definition) is 4. The summed E-state index contributed by atoms with van der Waals surface area (Å²) in [5.74, 6) is 1.07. The molecule has 1 aromatic heterocycles. The van der Waals surface area contributed by atoms with Crippen molar-refractivity contribution in [2.75, 3.05) is 25.4 Å². The Morgan fingerprint density at radius 1 is 1.41 bits per heavy atom. The van der Waals surface area contributed by atoms with E-state index in [4.69, 9.17) is 5.73 Å². The maximum absolute atomic E-state index is 5.93. The van der Waals surface area contributed by atoms with Crippen LogP contribution in [0.15, 0.2) is 23.4 Å². The van der Waals surface area contributed by atoms with E-state index in [2.05, 4.69) is 29.8 Å². The third kappa shape index (κ3) is 4.66. The number of rotatable bonds is 7. The predicted octanol–water partition coefficient (Wildman–Crippen LogP) is 2.54. The molecule has 1 heterocycles. The molecule has 0 fully saturated rings. The van der Waals surface area contributed by atoms with Crippen LogP contribution in [-0.4, -0.2) is 35.3 Å². The first-order chi connectivity index (χ1) is 8.19. The molecule has 0 saturated carbocycles. The maximum Gasteiger partial charge on any atom is 0.101 e. The minimum absolute atomic E-state index is 0.0552. The Hall–Kier alpha value is -0.580. The van der Waals surface area contributed by atoms with Crippen LogP contribution in [0.5, 0.6) is 0 Å². The van der Waals surface area contributed by atoms with Gasteiger partial charge in [0.15, 0.2) is 0 Å². The average molecular weight is 253 g/mol. The molecular weight excluding hydrogens is 230 g/mol. The fourth-order valence-electron chi connectivity index (χ4n) is 1.68. The Labute approximate surface area is 109 Å². The van der Waals surface area contributed by atoms with Gasteiger partial charge in [0, 0.05) is 30.1 Å². The maximum atomic E-state index is 5.93. The van der Waals surface area contributed by atoms with Gasteiger partial charge in [-0.15, -0.1) is 11.8 Å². The minimum Gasteiger partial charge on any atom is -0.324 e. The van der Waals surface area contributed by atoms with Crippen LogP contribution in [0.1, 0.15) is 32.4 Å². The summed E-state index contributed by atoms with van der Waals surface area (Å²) in [5, 5.41) is 1.08. The molecular formula is C13H23N3S. The Morgan fingerprint density at radius 2 is 2.12 bits per heavy atom. The van der Waals surface area contributed by atoms with Gasteiger partial charge in [-0.3, -0.25) is 0 Å². The molecule has 1 rings (SSSR count). The Balaban J connectivity index is 2.51. The molecule has 0 saturated heterocycles. The number of pyridine rings is 1. The van der Waals surface area contributed by atoms with E-state index in [1.54, 1.807) is 11.8 Å². The lowest BCUT2D eigenvalue weighted by molar-refractivity contribution is 0.324. The molecule has 96 valence electrons. The molecule has 0 amide bonds. The van der Waals surface area contributed by atoms with Crippen molar-refractivity contribution in [3.8, 4) is 0 Å². The lowest BCUT2D eigenvalue weighted by Crippen LogP contribution is -2.25. The van der Waals surface area contributed by atoms with Gasteiger partial charge in [-0.05, 0) is 26.1 Å². The lowest BCUT2D eigenvalue weighted by atomic mass is 10.2. The van der Waals surface area contributed by atoms with Gasteiger partial charge in [-0.25, -0.2) is 4.98 Å². The second kappa shape index (κ2) is 7.69. The van der Waals surface area contributed by atoms with E-state index in [1.807, 2.05) is 19.2 Å². The van der Waals surface area contributed by atoms with E-state index < -0.39 is 0 Å². The van der Waals surface area contributed by atoms with Gasteiger partial charge in [0.1, 0.15) is 5.03 Å². The van der Waals surface area contributed by atoms with Crippen molar-refractivity contribution in [2.24, 2.45) is 5.73 Å². The first-order valence-corrected chi connectivity index (χ1v) is 7.23. The number of hydrogen-bond donors (Lipinski definition) is 1. The highest BCUT2D eigenvalue weighted by Crippen LogP contribution is 2.23. The van der Waals surface area contributed by atoms with Crippen molar-refractivity contribution < 1.29 is 0 Å². The van der Waals surface area contributed by atoms with E-state index in [-0.39, 0.29) is 6.04 Å². The average Bonchev–Trinajstić information content (AvgIpc) is 2.35. The van der Waals surface area contributed by atoms with Crippen LogP contribution in [0.25, 0.3) is 0 Å². The molecule has 1 aromatic rings. The van der Waals surface area contributed by atoms with Crippen LogP contribution in [0.4, 0.5) is 0 Å². The molecule has 3 nitrogen and oxygen atoms in total. The summed E-state index contributed by atoms with van der Waals surface area (Å²) in [4.78, 5) is 6.83. The minimum atomic E-state index is 0.0552. The predicted molar refractivity (Wildman–Crippen MR) is 75.4 cm³/mol. The molecule has 0 aromatic carbocycles. The monoisotopic (exact) mass is 253 g/mol. The molecule has 0 spiro atoms. The van der Waals surface area contributed by atoms with Crippen molar-refractivity contribution in [3.63, 3.8) is 0 Å². The van der Waals surface area contributed by atoms with Crippen molar-refractivity contribution >= 4 is 11.8 Å². The van der Waals surface area contributed by atoms with Gasteiger partial charge in [-0.2, -0.15) is 0 Å². The second-order valence-electron chi connectivity index (χ2n) is 4.06. The summed E-state index contributed by atoms with van der Waals surface area (Å²) in [6, 6.07) is 4.07. The molecule has 1 atom stereocenters. The van der Waals surface area contributed by atoms with E-state index >= 15 is 0 Å². The normalized spacial score (nSPS) is 13.0. The summed E-state index contributed by atoms with van der Waals surface area (Å²) >= 11 is 1.80. The molecule has 0 aliphatic rings.